The Hall–Kier alpha value is -2.81. The van der Waals surface area contributed by atoms with Crippen molar-refractivity contribution in [2.24, 2.45) is 0 Å². The molecule has 0 aliphatic heterocycles. The van der Waals surface area contributed by atoms with Crippen LogP contribution >= 0.6 is 0 Å². The Morgan fingerprint density at radius 1 is 0.914 bits per heavy atom. The first-order chi connectivity index (χ1) is 17.0. The van der Waals surface area contributed by atoms with Crippen molar-refractivity contribution in [1.82, 2.24) is 10.2 Å². The average molecular weight is 487 g/mol. The van der Waals surface area contributed by atoms with Gasteiger partial charge in [0.25, 0.3) is 5.91 Å². The van der Waals surface area contributed by atoms with E-state index in [1.165, 1.54) is 17.7 Å². The second kappa shape index (κ2) is 14.6. The third kappa shape index (κ3) is 9.76. The van der Waals surface area contributed by atoms with Gasteiger partial charge in [-0.3, -0.25) is 4.79 Å². The number of hydrogen-bond donors (Lipinski definition) is 2. The second-order valence-electron chi connectivity index (χ2n) is 8.84. The molecule has 0 bridgehead atoms. The number of rotatable bonds is 15. The Balaban J connectivity index is 1.22. The summed E-state index contributed by atoms with van der Waals surface area (Å²) in [5, 5.41) is 13.3. The molecule has 1 aliphatic rings. The molecule has 1 saturated carbocycles. The van der Waals surface area contributed by atoms with Gasteiger partial charge in [-0.15, -0.1) is 0 Å². The minimum Gasteiger partial charge on any atom is -0.492 e. The van der Waals surface area contributed by atoms with Gasteiger partial charge in [-0.05, 0) is 61.4 Å². The normalized spacial score (nSPS) is 14.5. The van der Waals surface area contributed by atoms with Crippen LogP contribution in [0.15, 0.2) is 48.5 Å². The highest BCUT2D eigenvalue weighted by Crippen LogP contribution is 2.21. The highest BCUT2D eigenvalue weighted by Gasteiger charge is 2.14. The standard InChI is InChI=1S/C27H38N2O6/c1-29(2)27(31)21-7-9-24(10-8-21)32-16-15-28-19-22(30)20-35-26-13-11-25(12-14-26)34-18-17-33-23-5-3-4-6-23/h7-14,22-23,28,30H,3-6,15-20H2,1-2H3/t22-/m0/s1. The van der Waals surface area contributed by atoms with Crippen molar-refractivity contribution in [2.45, 2.75) is 37.9 Å². The van der Waals surface area contributed by atoms with Crippen LogP contribution in [0.1, 0.15) is 36.0 Å². The molecule has 0 heterocycles. The molecule has 1 atom stereocenters. The number of benzene rings is 2. The van der Waals surface area contributed by atoms with Gasteiger partial charge in [0.05, 0.1) is 12.7 Å². The van der Waals surface area contributed by atoms with Gasteiger partial charge >= 0.3 is 0 Å². The molecular weight excluding hydrogens is 448 g/mol. The zero-order valence-electron chi connectivity index (χ0n) is 20.8. The molecule has 0 saturated heterocycles. The highest BCUT2D eigenvalue weighted by molar-refractivity contribution is 5.93. The lowest BCUT2D eigenvalue weighted by Crippen LogP contribution is -2.33. The van der Waals surface area contributed by atoms with Gasteiger partial charge in [0.1, 0.15) is 43.2 Å². The average Bonchev–Trinajstić information content (AvgIpc) is 3.39. The largest absolute Gasteiger partial charge is 0.492 e. The van der Waals surface area contributed by atoms with Crippen LogP contribution in [0.25, 0.3) is 0 Å². The van der Waals surface area contributed by atoms with Gasteiger partial charge in [0.2, 0.25) is 0 Å². The Morgan fingerprint density at radius 2 is 1.49 bits per heavy atom. The summed E-state index contributed by atoms with van der Waals surface area (Å²) in [5.74, 6) is 2.10. The number of amides is 1. The molecule has 3 rings (SSSR count). The van der Waals surface area contributed by atoms with Gasteiger partial charge < -0.3 is 34.3 Å². The summed E-state index contributed by atoms with van der Waals surface area (Å²) in [4.78, 5) is 13.4. The summed E-state index contributed by atoms with van der Waals surface area (Å²) in [5.41, 5.74) is 0.620. The minimum absolute atomic E-state index is 0.0430. The van der Waals surface area contributed by atoms with Crippen LogP contribution in [0.3, 0.4) is 0 Å². The van der Waals surface area contributed by atoms with Crippen molar-refractivity contribution in [3.8, 4) is 17.2 Å². The van der Waals surface area contributed by atoms with E-state index in [4.69, 9.17) is 18.9 Å². The maximum absolute atomic E-state index is 11.9. The summed E-state index contributed by atoms with van der Waals surface area (Å²) < 4.78 is 22.8. The summed E-state index contributed by atoms with van der Waals surface area (Å²) in [6, 6.07) is 14.4. The molecule has 2 N–H and O–H groups in total. The lowest BCUT2D eigenvalue weighted by Gasteiger charge is -2.14. The fourth-order valence-electron chi connectivity index (χ4n) is 3.77. The van der Waals surface area contributed by atoms with Gasteiger partial charge in [0.15, 0.2) is 0 Å². The summed E-state index contributed by atoms with van der Waals surface area (Å²) in [6.07, 6.45) is 4.62. The lowest BCUT2D eigenvalue weighted by molar-refractivity contribution is 0.0382. The van der Waals surface area contributed by atoms with Crippen LogP contribution in [0.2, 0.25) is 0 Å². The van der Waals surface area contributed by atoms with Gasteiger partial charge in [-0.2, -0.15) is 0 Å². The first kappa shape index (κ1) is 26.8. The van der Waals surface area contributed by atoms with Gasteiger partial charge in [-0.1, -0.05) is 12.8 Å². The quantitative estimate of drug-likeness (QED) is 0.374. The van der Waals surface area contributed by atoms with Gasteiger partial charge in [-0.25, -0.2) is 0 Å². The van der Waals surface area contributed by atoms with Crippen molar-refractivity contribution >= 4 is 5.91 Å². The van der Waals surface area contributed by atoms with Crippen molar-refractivity contribution < 1.29 is 28.8 Å². The van der Waals surface area contributed by atoms with Crippen LogP contribution in [0, 0.1) is 0 Å². The first-order valence-corrected chi connectivity index (χ1v) is 12.3. The van der Waals surface area contributed by atoms with E-state index in [1.54, 1.807) is 38.4 Å². The molecular formula is C27H38N2O6. The van der Waals surface area contributed by atoms with Crippen LogP contribution in [0.4, 0.5) is 0 Å². The fourth-order valence-corrected chi connectivity index (χ4v) is 3.77. The first-order valence-electron chi connectivity index (χ1n) is 12.3. The second-order valence-corrected chi connectivity index (χ2v) is 8.84. The van der Waals surface area contributed by atoms with Crippen LogP contribution in [-0.4, -0.2) is 81.7 Å². The number of carbonyl (C=O) groups excluding carboxylic acids is 1. The van der Waals surface area contributed by atoms with Crippen LogP contribution in [0.5, 0.6) is 17.2 Å². The number of nitrogens with one attached hydrogen (secondary N) is 1. The van der Waals surface area contributed by atoms with E-state index in [9.17, 15) is 9.90 Å². The van der Waals surface area contributed by atoms with E-state index < -0.39 is 6.10 Å². The van der Waals surface area contributed by atoms with E-state index in [0.29, 0.717) is 56.1 Å². The zero-order valence-corrected chi connectivity index (χ0v) is 20.8. The monoisotopic (exact) mass is 486 g/mol. The lowest BCUT2D eigenvalue weighted by atomic mass is 10.2. The predicted octanol–water partition coefficient (Wildman–Crippen LogP) is 3.13. The molecule has 0 aromatic heterocycles. The Bertz CT molecular complexity index is 866. The molecule has 2 aromatic carbocycles. The number of hydrogen-bond acceptors (Lipinski definition) is 7. The van der Waals surface area contributed by atoms with E-state index >= 15 is 0 Å². The van der Waals surface area contributed by atoms with E-state index in [2.05, 4.69) is 5.32 Å². The molecule has 1 fully saturated rings. The molecule has 35 heavy (non-hydrogen) atoms. The molecule has 0 radical (unpaired) electrons. The van der Waals surface area contributed by atoms with Crippen molar-refractivity contribution in [3.63, 3.8) is 0 Å². The third-order valence-corrected chi connectivity index (χ3v) is 5.71. The molecule has 2 aromatic rings. The highest BCUT2D eigenvalue weighted by atomic mass is 16.5. The van der Waals surface area contributed by atoms with E-state index in [-0.39, 0.29) is 12.5 Å². The third-order valence-electron chi connectivity index (χ3n) is 5.71. The van der Waals surface area contributed by atoms with Crippen LogP contribution < -0.4 is 19.5 Å². The van der Waals surface area contributed by atoms with Crippen molar-refractivity contribution in [3.05, 3.63) is 54.1 Å². The maximum atomic E-state index is 11.9. The number of nitrogens with zero attached hydrogens (tertiary/aromatic N) is 1. The maximum Gasteiger partial charge on any atom is 0.253 e. The zero-order chi connectivity index (χ0) is 24.9. The minimum atomic E-state index is -0.644. The van der Waals surface area contributed by atoms with Gasteiger partial charge in [0, 0.05) is 32.7 Å². The molecule has 8 heteroatoms. The summed E-state index contributed by atoms with van der Waals surface area (Å²) in [7, 11) is 3.44. The molecule has 8 nitrogen and oxygen atoms in total. The molecule has 0 unspecified atom stereocenters. The summed E-state index contributed by atoms with van der Waals surface area (Å²) >= 11 is 0. The number of aliphatic hydroxyl groups is 1. The molecule has 1 aliphatic carbocycles. The van der Waals surface area contributed by atoms with Crippen molar-refractivity contribution in [1.29, 1.82) is 0 Å². The van der Waals surface area contributed by atoms with E-state index in [1.807, 2.05) is 24.3 Å². The molecule has 192 valence electrons. The Morgan fingerprint density at radius 3 is 2.11 bits per heavy atom. The molecule has 0 spiro atoms. The predicted molar refractivity (Wildman–Crippen MR) is 134 cm³/mol. The van der Waals surface area contributed by atoms with Crippen molar-refractivity contribution in [2.75, 3.05) is 53.6 Å². The Labute approximate surface area is 208 Å². The number of aliphatic hydroxyl groups excluding tert-OH is 1. The SMILES string of the molecule is CN(C)C(=O)c1ccc(OCCNC[C@H](O)COc2ccc(OCCOC3CCCC3)cc2)cc1. The Kier molecular flexibility index (Phi) is 11.1. The van der Waals surface area contributed by atoms with E-state index in [0.717, 1.165) is 18.6 Å². The summed E-state index contributed by atoms with van der Waals surface area (Å²) in [6.45, 7) is 2.74. The smallest absolute Gasteiger partial charge is 0.253 e. The number of carbonyl (C=O) groups is 1. The fraction of sp³-hybridized carbons (Fsp3) is 0.519. The topological polar surface area (TPSA) is 89.5 Å². The number of ether oxygens (including phenoxy) is 4. The van der Waals surface area contributed by atoms with Crippen LogP contribution in [-0.2, 0) is 4.74 Å². The molecule has 1 amide bonds.